The molecule has 0 bridgehead atoms. The van der Waals surface area contributed by atoms with Gasteiger partial charge in [0.1, 0.15) is 5.75 Å². The van der Waals surface area contributed by atoms with Gasteiger partial charge < -0.3 is 29.0 Å². The summed E-state index contributed by atoms with van der Waals surface area (Å²) in [5.41, 5.74) is 5.27. The highest BCUT2D eigenvalue weighted by Crippen LogP contribution is 2.35. The van der Waals surface area contributed by atoms with Gasteiger partial charge in [0.2, 0.25) is 0 Å². The third kappa shape index (κ3) is 9.74. The van der Waals surface area contributed by atoms with Gasteiger partial charge in [0.25, 0.3) is 5.91 Å². The molecule has 1 atom stereocenters. The lowest BCUT2D eigenvalue weighted by Gasteiger charge is -2.34. The van der Waals surface area contributed by atoms with Gasteiger partial charge in [-0.05, 0) is 104 Å². The van der Waals surface area contributed by atoms with E-state index in [0.29, 0.717) is 61.2 Å². The highest BCUT2D eigenvalue weighted by Gasteiger charge is 2.32. The normalized spacial score (nSPS) is 13.7. The van der Waals surface area contributed by atoms with E-state index in [1.807, 2.05) is 48.8 Å². The number of hydrogen-bond acceptors (Lipinski definition) is 8. The zero-order valence-electron chi connectivity index (χ0n) is 30.1. The molecule has 1 unspecified atom stereocenters. The Bertz CT molecular complexity index is 1850. The molecular weight excluding hydrogens is 665 g/mol. The molecule has 10 nitrogen and oxygen atoms in total. The zero-order valence-corrected chi connectivity index (χ0v) is 31.0. The summed E-state index contributed by atoms with van der Waals surface area (Å²) in [5, 5.41) is 3.05. The number of nitrogens with zero attached hydrogens (tertiary/aromatic N) is 3. The van der Waals surface area contributed by atoms with Gasteiger partial charge in [-0.1, -0.05) is 25.1 Å². The average Bonchev–Trinajstić information content (AvgIpc) is 3.57. The number of imidazole rings is 1. The van der Waals surface area contributed by atoms with Crippen LogP contribution in [0.3, 0.4) is 0 Å². The first-order chi connectivity index (χ1) is 24.6. The maximum Gasteiger partial charge on any atom is 0.313 e. The van der Waals surface area contributed by atoms with Crippen LogP contribution >= 0.6 is 0 Å². The average molecular weight is 713 g/mol. The molecule has 0 aliphatic carbocycles. The Morgan fingerprint density at radius 3 is 2.43 bits per heavy atom. The van der Waals surface area contributed by atoms with Crippen molar-refractivity contribution < 1.29 is 28.0 Å². The minimum Gasteiger partial charge on any atom is -0.494 e. The molecule has 0 saturated carbocycles. The van der Waals surface area contributed by atoms with Gasteiger partial charge >= 0.3 is 5.97 Å². The van der Waals surface area contributed by atoms with Crippen LogP contribution in [-0.2, 0) is 42.2 Å². The maximum atomic E-state index is 13.8. The Hall–Kier alpha value is -4.74. The lowest BCUT2D eigenvalue weighted by Crippen LogP contribution is -2.41. The second kappa shape index (κ2) is 17.5. The molecule has 1 N–H and O–H groups in total. The molecular formula is C40H48N4O6S. The number of anilines is 2. The minimum absolute atomic E-state index is 0.192. The number of aromatic nitrogens is 2. The molecule has 0 radical (unpaired) electrons. The monoisotopic (exact) mass is 712 g/mol. The van der Waals surface area contributed by atoms with Crippen LogP contribution in [0, 0.1) is 5.41 Å². The Balaban J connectivity index is 1.38. The maximum absolute atomic E-state index is 13.8. The first-order valence-corrected chi connectivity index (χ1v) is 18.6. The fraction of sp³-hybridized carbons (Fsp3) is 0.375. The lowest BCUT2D eigenvalue weighted by atomic mass is 9.90. The van der Waals surface area contributed by atoms with Crippen LogP contribution < -0.4 is 15.0 Å². The highest BCUT2D eigenvalue weighted by atomic mass is 32.2. The molecule has 3 aromatic carbocycles. The molecule has 1 aliphatic heterocycles. The molecule has 0 fully saturated rings. The van der Waals surface area contributed by atoms with Crippen LogP contribution in [0.25, 0.3) is 17.2 Å². The molecule has 0 saturated heterocycles. The summed E-state index contributed by atoms with van der Waals surface area (Å²) >= 11 is 0. The summed E-state index contributed by atoms with van der Waals surface area (Å²) in [6.45, 7) is 8.83. The standard InChI is InChI=1S/C40H48N4O6S/c1-6-21-50-35-14-9-29(10-15-35)30-11-18-37-32(23-30)24-31(8-7-19-43(37)27-40(2,3)39(46)49-5)38(45)42-33-12-16-36(17-13-33)51(47)26-34-25-41-28-44(34)20-22-48-4/h9-18,23-25,28H,6-8,19-22,26-27H2,1-5H3,(H,42,45). The largest absolute Gasteiger partial charge is 0.494 e. The van der Waals surface area contributed by atoms with Gasteiger partial charge in [-0.15, -0.1) is 0 Å². The predicted molar refractivity (Wildman–Crippen MR) is 202 cm³/mol. The third-order valence-corrected chi connectivity index (χ3v) is 10.2. The van der Waals surface area contributed by atoms with Gasteiger partial charge in [-0.25, -0.2) is 4.98 Å². The second-order valence-electron chi connectivity index (χ2n) is 13.3. The molecule has 1 amide bonds. The second-order valence-corrected chi connectivity index (χ2v) is 14.7. The number of carbonyl (C=O) groups is 2. The van der Waals surface area contributed by atoms with Crippen LogP contribution in [-0.4, -0.2) is 66.2 Å². The van der Waals surface area contributed by atoms with Gasteiger partial charge in [-0.2, -0.15) is 0 Å². The molecule has 0 spiro atoms. The molecule has 1 aromatic heterocycles. The van der Waals surface area contributed by atoms with Gasteiger partial charge in [0.05, 0.1) is 54.3 Å². The summed E-state index contributed by atoms with van der Waals surface area (Å²) < 4.78 is 31.2. The summed E-state index contributed by atoms with van der Waals surface area (Å²) in [5.74, 6) is 0.691. The minimum atomic E-state index is -1.29. The highest BCUT2D eigenvalue weighted by molar-refractivity contribution is 7.84. The van der Waals surface area contributed by atoms with Crippen molar-refractivity contribution in [3.05, 3.63) is 96.1 Å². The first kappa shape index (κ1) is 37.5. The van der Waals surface area contributed by atoms with Crippen molar-refractivity contribution in [2.24, 2.45) is 5.41 Å². The van der Waals surface area contributed by atoms with E-state index in [1.165, 1.54) is 7.11 Å². The van der Waals surface area contributed by atoms with Crippen molar-refractivity contribution in [1.82, 2.24) is 9.55 Å². The molecule has 11 heteroatoms. The topological polar surface area (TPSA) is 112 Å². The molecule has 4 aromatic rings. The van der Waals surface area contributed by atoms with Crippen molar-refractivity contribution >= 4 is 40.1 Å². The first-order valence-electron chi connectivity index (χ1n) is 17.3. The number of amides is 1. The number of esters is 1. The van der Waals surface area contributed by atoms with Gasteiger partial charge in [0, 0.05) is 54.8 Å². The van der Waals surface area contributed by atoms with E-state index < -0.39 is 16.2 Å². The van der Waals surface area contributed by atoms with Crippen LogP contribution in [0.15, 0.2) is 89.7 Å². The van der Waals surface area contributed by atoms with E-state index in [-0.39, 0.29) is 11.9 Å². The third-order valence-electron chi connectivity index (χ3n) is 8.84. The molecule has 5 rings (SSSR count). The molecule has 2 heterocycles. The number of nitrogens with one attached hydrogen (secondary N) is 1. The van der Waals surface area contributed by atoms with Crippen LogP contribution in [0.4, 0.5) is 11.4 Å². The Labute approximate surface area is 303 Å². The summed E-state index contributed by atoms with van der Waals surface area (Å²) in [4.78, 5) is 33.5. The van der Waals surface area contributed by atoms with E-state index >= 15 is 0 Å². The molecule has 1 aliphatic rings. The van der Waals surface area contributed by atoms with Crippen molar-refractivity contribution in [3.63, 3.8) is 0 Å². The zero-order chi connectivity index (χ0) is 36.4. The number of hydrogen-bond donors (Lipinski definition) is 1. The summed E-state index contributed by atoms with van der Waals surface area (Å²) in [6, 6.07) is 21.4. The van der Waals surface area contributed by atoms with E-state index in [4.69, 9.17) is 14.2 Å². The van der Waals surface area contributed by atoms with Crippen molar-refractivity contribution in [1.29, 1.82) is 0 Å². The number of fused-ring (bicyclic) bond motifs is 1. The Morgan fingerprint density at radius 2 is 1.73 bits per heavy atom. The van der Waals surface area contributed by atoms with E-state index in [1.54, 1.807) is 43.9 Å². The quantitative estimate of drug-likeness (QED) is 0.130. The molecule has 51 heavy (non-hydrogen) atoms. The molecule has 270 valence electrons. The summed E-state index contributed by atoms with van der Waals surface area (Å²) in [6.07, 6.45) is 7.61. The number of ether oxygens (including phenoxy) is 3. The van der Waals surface area contributed by atoms with Crippen LogP contribution in [0.5, 0.6) is 5.75 Å². The van der Waals surface area contributed by atoms with Crippen LogP contribution in [0.1, 0.15) is 51.3 Å². The number of carbonyl (C=O) groups excluding carboxylic acids is 2. The van der Waals surface area contributed by atoms with Crippen molar-refractivity contribution in [2.45, 2.75) is 57.2 Å². The number of rotatable bonds is 15. The number of benzene rings is 3. The van der Waals surface area contributed by atoms with Gasteiger partial charge in [0.15, 0.2) is 0 Å². The van der Waals surface area contributed by atoms with Crippen molar-refractivity contribution in [3.8, 4) is 16.9 Å². The van der Waals surface area contributed by atoms with Crippen molar-refractivity contribution in [2.75, 3.05) is 50.7 Å². The number of methoxy groups -OCH3 is 2. The van der Waals surface area contributed by atoms with E-state index in [2.05, 4.69) is 40.3 Å². The van der Waals surface area contributed by atoms with E-state index in [9.17, 15) is 13.8 Å². The fourth-order valence-corrected chi connectivity index (χ4v) is 7.20. The van der Waals surface area contributed by atoms with Crippen LogP contribution in [0.2, 0.25) is 0 Å². The predicted octanol–water partition coefficient (Wildman–Crippen LogP) is 7.11. The Morgan fingerprint density at radius 1 is 0.980 bits per heavy atom. The SMILES string of the molecule is CCCOc1ccc(-c2ccc3c(c2)C=C(C(=O)Nc2ccc(S(=O)Cc4cncn4CCOC)cc2)CCCN3CC(C)(C)C(=O)OC)cc1. The van der Waals surface area contributed by atoms with Gasteiger partial charge in [-0.3, -0.25) is 13.8 Å². The smallest absolute Gasteiger partial charge is 0.313 e. The van der Waals surface area contributed by atoms with E-state index in [0.717, 1.165) is 46.7 Å². The lowest BCUT2D eigenvalue weighted by molar-refractivity contribution is -0.150. The summed E-state index contributed by atoms with van der Waals surface area (Å²) in [7, 11) is 1.78. The fourth-order valence-electron chi connectivity index (χ4n) is 6.08. The Kier molecular flexibility index (Phi) is 12.8.